The SMILES string of the molecule is O[Si](O)(c1cccc(Cl)c1)c1cccc(Cl)c1. The van der Waals surface area contributed by atoms with Crippen molar-refractivity contribution in [2.24, 2.45) is 0 Å². The molecule has 0 spiro atoms. The molecule has 0 aromatic heterocycles. The van der Waals surface area contributed by atoms with Gasteiger partial charge in [0, 0.05) is 10.0 Å². The van der Waals surface area contributed by atoms with E-state index in [1.54, 1.807) is 48.5 Å². The van der Waals surface area contributed by atoms with E-state index in [0.717, 1.165) is 0 Å². The van der Waals surface area contributed by atoms with E-state index in [2.05, 4.69) is 0 Å². The molecule has 2 aromatic rings. The summed E-state index contributed by atoms with van der Waals surface area (Å²) in [6, 6.07) is 13.2. The molecule has 2 nitrogen and oxygen atoms in total. The second-order valence-corrected chi connectivity index (χ2v) is 7.06. The highest BCUT2D eigenvalue weighted by Gasteiger charge is 2.34. The zero-order valence-electron chi connectivity index (χ0n) is 8.77. The molecule has 0 radical (unpaired) electrons. The van der Waals surface area contributed by atoms with E-state index in [4.69, 9.17) is 23.2 Å². The standard InChI is InChI=1S/C12H10Cl2O2Si/c13-9-3-1-5-11(7-9)17(15,16)12-6-2-4-10(14)8-12/h1-8,15-16H. The van der Waals surface area contributed by atoms with Gasteiger partial charge in [-0.3, -0.25) is 0 Å². The van der Waals surface area contributed by atoms with Gasteiger partial charge in [0.1, 0.15) is 0 Å². The van der Waals surface area contributed by atoms with Crippen LogP contribution in [0, 0.1) is 0 Å². The summed E-state index contributed by atoms with van der Waals surface area (Å²) < 4.78 is 0. The maximum Gasteiger partial charge on any atom is 0.401 e. The third-order valence-corrected chi connectivity index (χ3v) is 5.16. The van der Waals surface area contributed by atoms with Gasteiger partial charge in [0.15, 0.2) is 0 Å². The Hall–Kier alpha value is -0.843. The van der Waals surface area contributed by atoms with Gasteiger partial charge >= 0.3 is 8.56 Å². The van der Waals surface area contributed by atoms with Gasteiger partial charge in [-0.1, -0.05) is 47.5 Å². The summed E-state index contributed by atoms with van der Waals surface area (Å²) in [6.45, 7) is 0. The Kier molecular flexibility index (Phi) is 3.56. The highest BCUT2D eigenvalue weighted by molar-refractivity contribution is 6.90. The summed E-state index contributed by atoms with van der Waals surface area (Å²) >= 11 is 11.7. The van der Waals surface area contributed by atoms with Gasteiger partial charge < -0.3 is 9.59 Å². The van der Waals surface area contributed by atoms with Crippen LogP contribution in [0.4, 0.5) is 0 Å². The first kappa shape index (κ1) is 12.6. The van der Waals surface area contributed by atoms with Gasteiger partial charge in [-0.15, -0.1) is 0 Å². The van der Waals surface area contributed by atoms with Crippen LogP contribution in [0.15, 0.2) is 48.5 Å². The predicted octanol–water partition coefficient (Wildman–Crippen LogP) is 1.53. The largest absolute Gasteiger partial charge is 0.404 e. The molecule has 17 heavy (non-hydrogen) atoms. The Labute approximate surface area is 110 Å². The van der Waals surface area contributed by atoms with Crippen molar-refractivity contribution in [3.8, 4) is 0 Å². The van der Waals surface area contributed by atoms with Crippen LogP contribution in [0.1, 0.15) is 0 Å². The minimum Gasteiger partial charge on any atom is -0.404 e. The molecule has 2 N–H and O–H groups in total. The Morgan fingerprint density at radius 3 is 1.53 bits per heavy atom. The van der Waals surface area contributed by atoms with Crippen molar-refractivity contribution >= 4 is 42.1 Å². The molecule has 0 saturated heterocycles. The molecule has 0 heterocycles. The van der Waals surface area contributed by atoms with Crippen LogP contribution in [0.2, 0.25) is 10.0 Å². The fourth-order valence-electron chi connectivity index (χ4n) is 1.58. The van der Waals surface area contributed by atoms with Crippen LogP contribution in [-0.4, -0.2) is 18.2 Å². The number of benzene rings is 2. The molecule has 2 rings (SSSR count). The topological polar surface area (TPSA) is 40.5 Å². The fraction of sp³-hybridized carbons (Fsp3) is 0. The van der Waals surface area contributed by atoms with Crippen molar-refractivity contribution in [1.29, 1.82) is 0 Å². The molecule has 2 aromatic carbocycles. The molecule has 0 amide bonds. The molecule has 0 aliphatic rings. The maximum atomic E-state index is 10.3. The first-order valence-corrected chi connectivity index (χ1v) is 7.62. The quantitative estimate of drug-likeness (QED) is 0.822. The van der Waals surface area contributed by atoms with Gasteiger partial charge in [0.2, 0.25) is 0 Å². The van der Waals surface area contributed by atoms with Gasteiger partial charge in [-0.05, 0) is 34.6 Å². The molecule has 5 heteroatoms. The van der Waals surface area contributed by atoms with E-state index >= 15 is 0 Å². The Balaban J connectivity index is 2.49. The first-order valence-electron chi connectivity index (χ1n) is 4.97. The average Bonchev–Trinajstić information content (AvgIpc) is 2.29. The molecule has 0 unspecified atom stereocenters. The Morgan fingerprint density at radius 1 is 0.765 bits per heavy atom. The number of halogens is 2. The highest BCUT2D eigenvalue weighted by Crippen LogP contribution is 2.09. The molecule has 88 valence electrons. The summed E-state index contributed by atoms with van der Waals surface area (Å²) in [5.74, 6) is 0. The summed E-state index contributed by atoms with van der Waals surface area (Å²) in [6.07, 6.45) is 0. The van der Waals surface area contributed by atoms with Gasteiger partial charge in [0.05, 0.1) is 0 Å². The molecular weight excluding hydrogens is 275 g/mol. The lowest BCUT2D eigenvalue weighted by atomic mass is 10.4. The fourth-order valence-corrected chi connectivity index (χ4v) is 3.85. The lowest BCUT2D eigenvalue weighted by Crippen LogP contribution is -2.59. The highest BCUT2D eigenvalue weighted by atomic mass is 35.5. The molecule has 0 atom stereocenters. The zero-order valence-corrected chi connectivity index (χ0v) is 11.3. The molecule has 0 aliphatic carbocycles. The second-order valence-electron chi connectivity index (χ2n) is 3.69. The minimum absolute atomic E-state index is 0.437. The number of hydrogen-bond acceptors (Lipinski definition) is 2. The van der Waals surface area contributed by atoms with Crippen LogP contribution in [0.3, 0.4) is 0 Å². The molecule has 0 fully saturated rings. The second kappa shape index (κ2) is 4.80. The first-order chi connectivity index (χ1) is 8.00. The van der Waals surface area contributed by atoms with E-state index in [1.807, 2.05) is 0 Å². The summed E-state index contributed by atoms with van der Waals surface area (Å²) in [5, 5.41) is 1.83. The molecule has 0 aliphatic heterocycles. The monoisotopic (exact) mass is 284 g/mol. The van der Waals surface area contributed by atoms with Crippen molar-refractivity contribution in [2.45, 2.75) is 0 Å². The minimum atomic E-state index is -3.69. The van der Waals surface area contributed by atoms with Crippen molar-refractivity contribution < 1.29 is 9.59 Å². The molecule has 0 bridgehead atoms. The average molecular weight is 285 g/mol. The van der Waals surface area contributed by atoms with E-state index in [0.29, 0.717) is 20.4 Å². The number of hydrogen-bond donors (Lipinski definition) is 2. The van der Waals surface area contributed by atoms with E-state index in [9.17, 15) is 9.59 Å². The zero-order chi connectivity index (χ0) is 12.5. The molecule has 0 saturated carbocycles. The van der Waals surface area contributed by atoms with Crippen LogP contribution in [-0.2, 0) is 0 Å². The van der Waals surface area contributed by atoms with E-state index in [-0.39, 0.29) is 0 Å². The van der Waals surface area contributed by atoms with Crippen molar-refractivity contribution in [2.75, 3.05) is 0 Å². The molecular formula is C12H10Cl2O2Si. The van der Waals surface area contributed by atoms with Crippen LogP contribution in [0.25, 0.3) is 0 Å². The predicted molar refractivity (Wildman–Crippen MR) is 72.4 cm³/mol. The van der Waals surface area contributed by atoms with Crippen LogP contribution in [0.5, 0.6) is 0 Å². The summed E-state index contributed by atoms with van der Waals surface area (Å²) in [5.41, 5.74) is 0. The Morgan fingerprint density at radius 2 is 1.18 bits per heavy atom. The van der Waals surface area contributed by atoms with Gasteiger partial charge in [0.25, 0.3) is 0 Å². The van der Waals surface area contributed by atoms with Crippen molar-refractivity contribution in [1.82, 2.24) is 0 Å². The lowest BCUT2D eigenvalue weighted by molar-refractivity contribution is 0.401. The smallest absolute Gasteiger partial charge is 0.401 e. The van der Waals surface area contributed by atoms with Crippen LogP contribution >= 0.6 is 23.2 Å². The summed E-state index contributed by atoms with van der Waals surface area (Å²) in [7, 11) is -3.69. The Bertz CT molecular complexity index is 496. The lowest BCUT2D eigenvalue weighted by Gasteiger charge is -2.18. The van der Waals surface area contributed by atoms with Crippen molar-refractivity contribution in [3.05, 3.63) is 58.6 Å². The van der Waals surface area contributed by atoms with Gasteiger partial charge in [-0.25, -0.2) is 0 Å². The maximum absolute atomic E-state index is 10.3. The number of rotatable bonds is 2. The third kappa shape index (κ3) is 2.70. The summed E-state index contributed by atoms with van der Waals surface area (Å²) in [4.78, 5) is 20.6. The normalized spacial score (nSPS) is 11.5. The van der Waals surface area contributed by atoms with Gasteiger partial charge in [-0.2, -0.15) is 0 Å². The van der Waals surface area contributed by atoms with E-state index in [1.165, 1.54) is 0 Å². The van der Waals surface area contributed by atoms with E-state index < -0.39 is 8.56 Å². The third-order valence-electron chi connectivity index (χ3n) is 2.45. The van der Waals surface area contributed by atoms with Crippen LogP contribution < -0.4 is 10.4 Å². The van der Waals surface area contributed by atoms with Crippen molar-refractivity contribution in [3.63, 3.8) is 0 Å².